The van der Waals surface area contributed by atoms with Gasteiger partial charge in [0.2, 0.25) is 0 Å². The molecule has 0 amide bonds. The number of ketones is 1. The number of carbonyl (C=O) groups is 1. The summed E-state index contributed by atoms with van der Waals surface area (Å²) in [5.41, 5.74) is -0.887. The van der Waals surface area contributed by atoms with Gasteiger partial charge in [-0.15, -0.1) is 11.3 Å². The SMILES string of the molecule is Cc1ccc2c(=O)n(-c3c(F)cc(CC(=O)CS(=O)(=O)c4ccc(Cl)s4)cc3Cl)c(=O)[nH]c2c1. The van der Waals surface area contributed by atoms with Gasteiger partial charge in [-0.1, -0.05) is 29.3 Å². The number of sulfone groups is 1. The molecule has 0 saturated carbocycles. The summed E-state index contributed by atoms with van der Waals surface area (Å²) in [6.45, 7) is 1.79. The van der Waals surface area contributed by atoms with Crippen LogP contribution in [0.25, 0.3) is 16.6 Å². The number of fused-ring (bicyclic) bond motifs is 1. The van der Waals surface area contributed by atoms with Crippen LogP contribution in [-0.2, 0) is 21.1 Å². The first-order chi connectivity index (χ1) is 16.0. The van der Waals surface area contributed by atoms with E-state index < -0.39 is 50.5 Å². The number of nitrogens with one attached hydrogen (secondary N) is 1. The third-order valence-corrected chi connectivity index (χ3v) is 8.74. The first kappa shape index (κ1) is 24.3. The van der Waals surface area contributed by atoms with Gasteiger partial charge in [0.25, 0.3) is 5.56 Å². The monoisotopic (exact) mass is 540 g/mol. The highest BCUT2D eigenvalue weighted by Crippen LogP contribution is 2.27. The van der Waals surface area contributed by atoms with E-state index in [0.29, 0.717) is 10.1 Å². The van der Waals surface area contributed by atoms with Crippen molar-refractivity contribution in [1.82, 2.24) is 9.55 Å². The number of thiophene rings is 1. The van der Waals surface area contributed by atoms with E-state index in [-0.39, 0.29) is 24.5 Å². The number of hydrogen-bond donors (Lipinski definition) is 1. The number of carbonyl (C=O) groups excluding carboxylic acids is 1. The molecule has 0 atom stereocenters. The Morgan fingerprint density at radius 1 is 1.12 bits per heavy atom. The van der Waals surface area contributed by atoms with E-state index in [2.05, 4.69) is 4.98 Å². The van der Waals surface area contributed by atoms with Crippen molar-refractivity contribution in [3.63, 3.8) is 0 Å². The van der Waals surface area contributed by atoms with Crippen molar-refractivity contribution in [3.05, 3.63) is 89.6 Å². The van der Waals surface area contributed by atoms with Crippen molar-refractivity contribution in [1.29, 1.82) is 0 Å². The predicted octanol–water partition coefficient (Wildman–Crippen LogP) is 4.08. The summed E-state index contributed by atoms with van der Waals surface area (Å²) in [5, 5.41) is -0.117. The fourth-order valence-electron chi connectivity index (χ4n) is 3.50. The van der Waals surface area contributed by atoms with Gasteiger partial charge in [0.1, 0.15) is 21.5 Å². The van der Waals surface area contributed by atoms with Gasteiger partial charge in [0.05, 0.1) is 20.3 Å². The number of nitrogens with zero attached hydrogens (tertiary/aromatic N) is 1. The van der Waals surface area contributed by atoms with E-state index in [9.17, 15) is 22.8 Å². The summed E-state index contributed by atoms with van der Waals surface area (Å²) in [6.07, 6.45) is -0.419. The molecule has 7 nitrogen and oxygen atoms in total. The summed E-state index contributed by atoms with van der Waals surface area (Å²) < 4.78 is 40.6. The lowest BCUT2D eigenvalue weighted by molar-refractivity contribution is -0.116. The maximum Gasteiger partial charge on any atom is 0.333 e. The normalized spacial score (nSPS) is 11.8. The van der Waals surface area contributed by atoms with Crippen LogP contribution in [0.2, 0.25) is 9.36 Å². The van der Waals surface area contributed by atoms with Crippen LogP contribution in [0.15, 0.2) is 56.3 Å². The zero-order valence-corrected chi connectivity index (χ0v) is 20.5. The Hall–Kier alpha value is -2.79. The number of halogens is 3. The summed E-state index contributed by atoms with van der Waals surface area (Å²) in [5.74, 6) is -2.50. The summed E-state index contributed by atoms with van der Waals surface area (Å²) in [6, 6.07) is 9.69. The smallest absolute Gasteiger partial charge is 0.306 e. The van der Waals surface area contributed by atoms with Gasteiger partial charge in [0, 0.05) is 6.42 Å². The number of rotatable bonds is 6. The van der Waals surface area contributed by atoms with Gasteiger partial charge in [0.15, 0.2) is 15.6 Å². The predicted molar refractivity (Wildman–Crippen MR) is 130 cm³/mol. The molecule has 12 heteroatoms. The molecule has 0 unspecified atom stereocenters. The van der Waals surface area contributed by atoms with Crippen LogP contribution in [0.1, 0.15) is 11.1 Å². The molecule has 0 bridgehead atoms. The highest BCUT2D eigenvalue weighted by atomic mass is 35.5. The lowest BCUT2D eigenvalue weighted by atomic mass is 10.1. The minimum absolute atomic E-state index is 0.0458. The molecule has 0 radical (unpaired) electrons. The van der Waals surface area contributed by atoms with Crippen molar-refractivity contribution in [2.45, 2.75) is 17.6 Å². The van der Waals surface area contributed by atoms with Gasteiger partial charge >= 0.3 is 5.69 Å². The van der Waals surface area contributed by atoms with E-state index in [1.807, 2.05) is 0 Å². The van der Waals surface area contributed by atoms with Gasteiger partial charge in [-0.3, -0.25) is 9.59 Å². The number of H-pyrrole nitrogens is 1. The highest BCUT2D eigenvalue weighted by Gasteiger charge is 2.23. The van der Waals surface area contributed by atoms with Crippen molar-refractivity contribution in [2.24, 2.45) is 0 Å². The van der Waals surface area contributed by atoms with Crippen LogP contribution in [0.5, 0.6) is 0 Å². The van der Waals surface area contributed by atoms with Gasteiger partial charge in [-0.2, -0.15) is 0 Å². The van der Waals surface area contributed by atoms with E-state index in [4.69, 9.17) is 23.2 Å². The van der Waals surface area contributed by atoms with Gasteiger partial charge in [-0.05, 0) is 54.4 Å². The fraction of sp³-hybridized carbons (Fsp3) is 0.136. The van der Waals surface area contributed by atoms with E-state index in [0.717, 1.165) is 23.0 Å². The molecule has 0 spiro atoms. The minimum atomic E-state index is -3.90. The largest absolute Gasteiger partial charge is 0.333 e. The maximum absolute atomic E-state index is 15.0. The molecular weight excluding hydrogens is 526 g/mol. The number of Topliss-reactive ketones (excluding diaryl/α,β-unsaturated/α-hetero) is 1. The highest BCUT2D eigenvalue weighted by molar-refractivity contribution is 7.94. The number of aromatic amines is 1. The first-order valence-electron chi connectivity index (χ1n) is 9.70. The van der Waals surface area contributed by atoms with Crippen molar-refractivity contribution in [2.75, 3.05) is 5.75 Å². The molecule has 0 aliphatic rings. The Bertz CT molecular complexity index is 1670. The summed E-state index contributed by atoms with van der Waals surface area (Å²) >= 11 is 12.8. The molecular formula is C22H15Cl2FN2O5S2. The van der Waals surface area contributed by atoms with Crippen molar-refractivity contribution in [3.8, 4) is 5.69 Å². The minimum Gasteiger partial charge on any atom is -0.306 e. The Labute approximate surface area is 206 Å². The zero-order valence-electron chi connectivity index (χ0n) is 17.4. The van der Waals surface area contributed by atoms with Crippen LogP contribution in [0, 0.1) is 12.7 Å². The molecule has 0 saturated heterocycles. The van der Waals surface area contributed by atoms with E-state index in [1.165, 1.54) is 24.3 Å². The third kappa shape index (κ3) is 4.72. The second-order valence-electron chi connectivity index (χ2n) is 7.56. The molecule has 4 rings (SSSR count). The molecule has 4 aromatic rings. The van der Waals surface area contributed by atoms with E-state index in [1.54, 1.807) is 19.1 Å². The molecule has 2 heterocycles. The van der Waals surface area contributed by atoms with Crippen LogP contribution in [0.3, 0.4) is 0 Å². The standard InChI is InChI=1S/C22H15Cl2FN2O5S2/c1-11-2-3-14-17(6-11)26-22(30)27(21(14)29)20-15(23)8-12(9-16(20)25)7-13(28)10-34(31,32)19-5-4-18(24)33-19/h2-6,8-9H,7,10H2,1H3,(H,26,30). The van der Waals surface area contributed by atoms with E-state index >= 15 is 4.39 Å². The zero-order chi connectivity index (χ0) is 24.8. The number of aromatic nitrogens is 2. The molecule has 0 aliphatic heterocycles. The van der Waals surface area contributed by atoms with Crippen LogP contribution in [0.4, 0.5) is 4.39 Å². The lowest BCUT2D eigenvalue weighted by Crippen LogP contribution is -2.34. The molecule has 2 aromatic carbocycles. The second-order valence-corrected chi connectivity index (χ2v) is 11.9. The molecule has 0 aliphatic carbocycles. The average Bonchev–Trinajstić information content (AvgIpc) is 3.16. The van der Waals surface area contributed by atoms with Gasteiger partial charge in [-0.25, -0.2) is 22.2 Å². The fourth-order valence-corrected chi connectivity index (χ4v) is 6.62. The molecule has 2 aromatic heterocycles. The van der Waals surface area contributed by atoms with Crippen molar-refractivity contribution < 1.29 is 17.6 Å². The Morgan fingerprint density at radius 3 is 2.50 bits per heavy atom. The van der Waals surface area contributed by atoms with Crippen molar-refractivity contribution >= 4 is 61.1 Å². The molecule has 34 heavy (non-hydrogen) atoms. The van der Waals surface area contributed by atoms with Gasteiger partial charge < -0.3 is 4.98 Å². The molecule has 176 valence electrons. The van der Waals surface area contributed by atoms with Crippen LogP contribution >= 0.6 is 34.5 Å². The van der Waals surface area contributed by atoms with Crippen LogP contribution in [-0.4, -0.2) is 29.5 Å². The molecule has 1 N–H and O–H groups in total. The Morgan fingerprint density at radius 2 is 1.85 bits per heavy atom. The molecule has 0 fully saturated rings. The topological polar surface area (TPSA) is 106 Å². The third-order valence-electron chi connectivity index (χ3n) is 4.96. The number of aryl methyl sites for hydroxylation is 1. The quantitative estimate of drug-likeness (QED) is 0.396. The Balaban J connectivity index is 1.67. The Kier molecular flexibility index (Phi) is 6.52. The summed E-state index contributed by atoms with van der Waals surface area (Å²) in [7, 11) is -3.90. The summed E-state index contributed by atoms with van der Waals surface area (Å²) in [4.78, 5) is 40.4. The average molecular weight is 541 g/mol. The first-order valence-corrected chi connectivity index (χ1v) is 12.9. The number of benzene rings is 2. The second kappa shape index (κ2) is 9.10. The number of hydrogen-bond acceptors (Lipinski definition) is 6. The van der Waals surface area contributed by atoms with Crippen LogP contribution < -0.4 is 11.2 Å². The maximum atomic E-state index is 15.0. The lowest BCUT2D eigenvalue weighted by Gasteiger charge is -2.12.